The lowest BCUT2D eigenvalue weighted by atomic mass is 9.78. The molecular formula is C14H17BrClNO. The van der Waals surface area contributed by atoms with Crippen LogP contribution >= 0.6 is 27.5 Å². The van der Waals surface area contributed by atoms with Crippen molar-refractivity contribution in [2.24, 2.45) is 11.1 Å². The Bertz CT molecular complexity index is 477. The number of Topliss-reactive ketones (excluding diaryl/α,β-unsaturated/α-hetero) is 1. The Labute approximate surface area is 121 Å². The van der Waals surface area contributed by atoms with E-state index in [0.29, 0.717) is 11.4 Å². The minimum absolute atomic E-state index is 0.0146. The van der Waals surface area contributed by atoms with Crippen LogP contribution in [0.2, 0.25) is 5.02 Å². The van der Waals surface area contributed by atoms with Crippen molar-refractivity contribution in [3.63, 3.8) is 0 Å². The molecule has 0 amide bonds. The van der Waals surface area contributed by atoms with E-state index >= 15 is 0 Å². The van der Waals surface area contributed by atoms with E-state index in [1.807, 2.05) is 25.1 Å². The molecule has 0 spiro atoms. The number of hydrogen-bond acceptors (Lipinski definition) is 2. The summed E-state index contributed by atoms with van der Waals surface area (Å²) in [6.45, 7) is 1.99. The summed E-state index contributed by atoms with van der Waals surface area (Å²) in [6.07, 6.45) is 3.24. The molecular weight excluding hydrogens is 314 g/mol. The average molecular weight is 331 g/mol. The van der Waals surface area contributed by atoms with Crippen LogP contribution in [0.5, 0.6) is 0 Å². The number of ketones is 1. The standard InChI is InChI=1S/C14H17BrClNO/c1-14(6-2-3-12(14)17)13(18)7-9-4-5-10(15)8-11(9)16/h4-5,8,12H,2-3,6-7,17H2,1H3. The van der Waals surface area contributed by atoms with Crippen molar-refractivity contribution < 1.29 is 4.79 Å². The Kier molecular flexibility index (Phi) is 4.15. The summed E-state index contributed by atoms with van der Waals surface area (Å²) in [5.74, 6) is 0.205. The summed E-state index contributed by atoms with van der Waals surface area (Å²) < 4.78 is 0.924. The highest BCUT2D eigenvalue weighted by Crippen LogP contribution is 2.38. The fourth-order valence-electron chi connectivity index (χ4n) is 2.58. The monoisotopic (exact) mass is 329 g/mol. The summed E-state index contributed by atoms with van der Waals surface area (Å²) in [7, 11) is 0. The largest absolute Gasteiger partial charge is 0.327 e. The molecule has 1 aliphatic rings. The zero-order valence-corrected chi connectivity index (χ0v) is 12.7. The second kappa shape index (κ2) is 5.32. The summed E-state index contributed by atoms with van der Waals surface area (Å²) in [5.41, 5.74) is 6.57. The minimum atomic E-state index is -0.379. The van der Waals surface area contributed by atoms with E-state index in [-0.39, 0.29) is 17.2 Å². The third kappa shape index (κ3) is 2.63. The van der Waals surface area contributed by atoms with E-state index < -0.39 is 0 Å². The van der Waals surface area contributed by atoms with E-state index in [0.717, 1.165) is 29.3 Å². The van der Waals surface area contributed by atoms with Gasteiger partial charge in [-0.3, -0.25) is 4.79 Å². The van der Waals surface area contributed by atoms with Crippen molar-refractivity contribution in [2.75, 3.05) is 0 Å². The predicted octanol–water partition coefficient (Wildman–Crippen LogP) is 3.73. The van der Waals surface area contributed by atoms with Crippen LogP contribution in [0.4, 0.5) is 0 Å². The van der Waals surface area contributed by atoms with Crippen molar-refractivity contribution in [3.8, 4) is 0 Å². The summed E-state index contributed by atoms with van der Waals surface area (Å²) in [5, 5.41) is 0.632. The van der Waals surface area contributed by atoms with Crippen LogP contribution < -0.4 is 5.73 Å². The van der Waals surface area contributed by atoms with Crippen LogP contribution in [0.25, 0.3) is 0 Å². The molecule has 0 aliphatic heterocycles. The van der Waals surface area contributed by atoms with Gasteiger partial charge in [-0.2, -0.15) is 0 Å². The molecule has 1 fully saturated rings. The number of carbonyl (C=O) groups excluding carboxylic acids is 1. The molecule has 0 radical (unpaired) electrons. The van der Waals surface area contributed by atoms with Crippen molar-refractivity contribution in [2.45, 2.75) is 38.6 Å². The first-order chi connectivity index (χ1) is 8.43. The summed E-state index contributed by atoms with van der Waals surface area (Å²) >= 11 is 9.51. The molecule has 98 valence electrons. The number of hydrogen-bond donors (Lipinski definition) is 1. The second-order valence-electron chi connectivity index (χ2n) is 5.25. The molecule has 2 N–H and O–H groups in total. The van der Waals surface area contributed by atoms with Gasteiger partial charge in [0.1, 0.15) is 5.78 Å². The molecule has 2 atom stereocenters. The first kappa shape index (κ1) is 14.0. The van der Waals surface area contributed by atoms with Crippen LogP contribution in [0, 0.1) is 5.41 Å². The number of rotatable bonds is 3. The maximum absolute atomic E-state index is 12.4. The molecule has 0 saturated heterocycles. The van der Waals surface area contributed by atoms with Crippen LogP contribution in [-0.4, -0.2) is 11.8 Å². The number of benzene rings is 1. The Morgan fingerprint density at radius 3 is 2.89 bits per heavy atom. The molecule has 0 aromatic heterocycles. The van der Waals surface area contributed by atoms with Gasteiger partial charge < -0.3 is 5.73 Å². The van der Waals surface area contributed by atoms with Gasteiger partial charge in [-0.1, -0.05) is 46.9 Å². The zero-order chi connectivity index (χ0) is 13.3. The van der Waals surface area contributed by atoms with Gasteiger partial charge in [0, 0.05) is 27.4 Å². The lowest BCUT2D eigenvalue weighted by Crippen LogP contribution is -2.41. The molecule has 1 aromatic carbocycles. The van der Waals surface area contributed by atoms with Gasteiger partial charge in [0.2, 0.25) is 0 Å². The topological polar surface area (TPSA) is 43.1 Å². The molecule has 0 heterocycles. The van der Waals surface area contributed by atoms with Crippen LogP contribution in [0.15, 0.2) is 22.7 Å². The zero-order valence-electron chi connectivity index (χ0n) is 10.4. The molecule has 1 aliphatic carbocycles. The van der Waals surface area contributed by atoms with Crippen LogP contribution in [0.3, 0.4) is 0 Å². The lowest BCUT2D eigenvalue weighted by molar-refractivity contribution is -0.127. The Morgan fingerprint density at radius 2 is 2.33 bits per heavy atom. The number of halogens is 2. The van der Waals surface area contributed by atoms with Gasteiger partial charge in [0.15, 0.2) is 0 Å². The minimum Gasteiger partial charge on any atom is -0.327 e. The fraction of sp³-hybridized carbons (Fsp3) is 0.500. The van der Waals surface area contributed by atoms with E-state index in [2.05, 4.69) is 15.9 Å². The summed E-state index contributed by atoms with van der Waals surface area (Å²) in [4.78, 5) is 12.4. The molecule has 2 nitrogen and oxygen atoms in total. The molecule has 4 heteroatoms. The van der Waals surface area contributed by atoms with Crippen LogP contribution in [0.1, 0.15) is 31.7 Å². The maximum Gasteiger partial charge on any atom is 0.144 e. The van der Waals surface area contributed by atoms with E-state index in [4.69, 9.17) is 17.3 Å². The van der Waals surface area contributed by atoms with E-state index in [9.17, 15) is 4.79 Å². The average Bonchev–Trinajstić information content (AvgIpc) is 2.64. The van der Waals surface area contributed by atoms with Crippen molar-refractivity contribution in [1.82, 2.24) is 0 Å². The van der Waals surface area contributed by atoms with Gasteiger partial charge in [-0.15, -0.1) is 0 Å². The maximum atomic E-state index is 12.4. The highest BCUT2D eigenvalue weighted by molar-refractivity contribution is 9.10. The molecule has 18 heavy (non-hydrogen) atoms. The molecule has 1 saturated carbocycles. The van der Waals surface area contributed by atoms with Crippen molar-refractivity contribution >= 4 is 33.3 Å². The van der Waals surface area contributed by atoms with Gasteiger partial charge in [0.05, 0.1) is 0 Å². The van der Waals surface area contributed by atoms with Gasteiger partial charge >= 0.3 is 0 Å². The van der Waals surface area contributed by atoms with Gasteiger partial charge in [0.25, 0.3) is 0 Å². The van der Waals surface area contributed by atoms with E-state index in [1.165, 1.54) is 0 Å². The van der Waals surface area contributed by atoms with Crippen molar-refractivity contribution in [3.05, 3.63) is 33.3 Å². The van der Waals surface area contributed by atoms with E-state index in [1.54, 1.807) is 0 Å². The highest BCUT2D eigenvalue weighted by Gasteiger charge is 2.42. The summed E-state index contributed by atoms with van der Waals surface area (Å²) in [6, 6.07) is 5.61. The van der Waals surface area contributed by atoms with Gasteiger partial charge in [-0.05, 0) is 30.5 Å². The molecule has 1 aromatic rings. The molecule has 2 unspecified atom stereocenters. The van der Waals surface area contributed by atoms with Crippen LogP contribution in [-0.2, 0) is 11.2 Å². The normalized spacial score (nSPS) is 27.4. The highest BCUT2D eigenvalue weighted by atomic mass is 79.9. The Balaban J connectivity index is 2.16. The third-order valence-corrected chi connectivity index (χ3v) is 4.88. The second-order valence-corrected chi connectivity index (χ2v) is 6.57. The predicted molar refractivity (Wildman–Crippen MR) is 77.8 cm³/mol. The molecule has 0 bridgehead atoms. The van der Waals surface area contributed by atoms with Crippen molar-refractivity contribution in [1.29, 1.82) is 0 Å². The Morgan fingerprint density at radius 1 is 1.61 bits per heavy atom. The number of carbonyl (C=O) groups is 1. The number of nitrogens with two attached hydrogens (primary N) is 1. The SMILES string of the molecule is CC1(C(=O)Cc2ccc(Br)cc2Cl)CCCC1N. The smallest absolute Gasteiger partial charge is 0.144 e. The van der Waals surface area contributed by atoms with Gasteiger partial charge in [-0.25, -0.2) is 0 Å². The quantitative estimate of drug-likeness (QED) is 0.917. The first-order valence-electron chi connectivity index (χ1n) is 6.16. The fourth-order valence-corrected chi connectivity index (χ4v) is 3.32. The Hall–Kier alpha value is -0.380. The lowest BCUT2D eigenvalue weighted by Gasteiger charge is -2.27. The third-order valence-electron chi connectivity index (χ3n) is 4.03. The molecule has 2 rings (SSSR count). The first-order valence-corrected chi connectivity index (χ1v) is 7.33.